The van der Waals surface area contributed by atoms with Crippen molar-refractivity contribution in [1.82, 2.24) is 9.62 Å². The molecule has 0 unspecified atom stereocenters. The van der Waals surface area contributed by atoms with Crippen molar-refractivity contribution in [3.8, 4) is 6.07 Å². The number of nitriles is 1. The van der Waals surface area contributed by atoms with Crippen LogP contribution >= 0.6 is 0 Å². The van der Waals surface area contributed by atoms with Crippen molar-refractivity contribution in [3.63, 3.8) is 0 Å². The molecule has 0 radical (unpaired) electrons. The van der Waals surface area contributed by atoms with Gasteiger partial charge in [0.15, 0.2) is 0 Å². The zero-order valence-electron chi connectivity index (χ0n) is 9.46. The predicted molar refractivity (Wildman–Crippen MR) is 62.9 cm³/mol. The second-order valence-electron chi connectivity index (χ2n) is 3.80. The first kappa shape index (κ1) is 12.5. The molecule has 0 saturated carbocycles. The first-order chi connectivity index (χ1) is 8.55. The molecule has 0 aromatic heterocycles. The van der Waals surface area contributed by atoms with Gasteiger partial charge in [-0.25, -0.2) is 8.42 Å². The van der Waals surface area contributed by atoms with Gasteiger partial charge in [-0.05, 0) is 12.1 Å². The summed E-state index contributed by atoms with van der Waals surface area (Å²) in [5.41, 5.74) is 0.0866. The standard InChI is InChI=1S/C11H11N3O3S/c12-7-9-3-1-2-4-10(9)18(16,17)14-6-5-13-11(15)8-14/h1-4H,5-6,8H2,(H,13,15). The van der Waals surface area contributed by atoms with Crippen molar-refractivity contribution in [1.29, 1.82) is 5.26 Å². The Morgan fingerprint density at radius 1 is 1.33 bits per heavy atom. The second kappa shape index (κ2) is 4.76. The monoisotopic (exact) mass is 265 g/mol. The molecule has 1 fully saturated rings. The fraction of sp³-hybridized carbons (Fsp3) is 0.273. The van der Waals surface area contributed by atoms with Gasteiger partial charge in [0.2, 0.25) is 15.9 Å². The highest BCUT2D eigenvalue weighted by Gasteiger charge is 2.30. The van der Waals surface area contributed by atoms with Gasteiger partial charge in [-0.2, -0.15) is 9.57 Å². The molecule has 1 aromatic carbocycles. The Kier molecular flexibility index (Phi) is 3.32. The van der Waals surface area contributed by atoms with Crippen LogP contribution in [0, 0.1) is 11.3 Å². The van der Waals surface area contributed by atoms with Crippen LogP contribution in [-0.4, -0.2) is 38.3 Å². The highest BCUT2D eigenvalue weighted by atomic mass is 32.2. The minimum atomic E-state index is -3.79. The topological polar surface area (TPSA) is 90.3 Å². The van der Waals surface area contributed by atoms with E-state index in [1.807, 2.05) is 6.07 Å². The molecule has 1 aromatic rings. The number of hydrogen-bond acceptors (Lipinski definition) is 4. The number of hydrogen-bond donors (Lipinski definition) is 1. The second-order valence-corrected chi connectivity index (χ2v) is 5.70. The quantitative estimate of drug-likeness (QED) is 0.793. The van der Waals surface area contributed by atoms with Gasteiger partial charge in [0, 0.05) is 13.1 Å². The summed E-state index contributed by atoms with van der Waals surface area (Å²) in [6.07, 6.45) is 0. The summed E-state index contributed by atoms with van der Waals surface area (Å²) in [4.78, 5) is 11.2. The lowest BCUT2D eigenvalue weighted by Crippen LogP contribution is -2.49. The average Bonchev–Trinajstić information content (AvgIpc) is 2.38. The van der Waals surface area contributed by atoms with Gasteiger partial charge in [0.25, 0.3) is 0 Å². The highest BCUT2D eigenvalue weighted by molar-refractivity contribution is 7.89. The highest BCUT2D eigenvalue weighted by Crippen LogP contribution is 2.19. The van der Waals surface area contributed by atoms with Gasteiger partial charge < -0.3 is 5.32 Å². The molecule has 0 bridgehead atoms. The Morgan fingerprint density at radius 3 is 2.72 bits per heavy atom. The van der Waals surface area contributed by atoms with E-state index in [0.29, 0.717) is 0 Å². The first-order valence-electron chi connectivity index (χ1n) is 5.31. The third-order valence-electron chi connectivity index (χ3n) is 2.63. The number of piperazine rings is 1. The average molecular weight is 265 g/mol. The fourth-order valence-electron chi connectivity index (χ4n) is 1.74. The third-order valence-corrected chi connectivity index (χ3v) is 4.53. The lowest BCUT2D eigenvalue weighted by atomic mass is 10.2. The Bertz CT molecular complexity index is 619. The Balaban J connectivity index is 2.42. The number of nitrogens with one attached hydrogen (secondary N) is 1. The molecular weight excluding hydrogens is 254 g/mol. The van der Waals surface area contributed by atoms with Crippen LogP contribution in [0.2, 0.25) is 0 Å². The van der Waals surface area contributed by atoms with Gasteiger partial charge in [0.05, 0.1) is 17.0 Å². The van der Waals surface area contributed by atoms with Gasteiger partial charge in [-0.15, -0.1) is 0 Å². The first-order valence-corrected chi connectivity index (χ1v) is 6.75. The fourth-order valence-corrected chi connectivity index (χ4v) is 3.28. The molecule has 1 heterocycles. The van der Waals surface area contributed by atoms with Crippen molar-refractivity contribution in [2.75, 3.05) is 19.6 Å². The molecule has 2 rings (SSSR count). The largest absolute Gasteiger partial charge is 0.354 e. The molecule has 0 atom stereocenters. The van der Waals surface area contributed by atoms with E-state index in [4.69, 9.17) is 5.26 Å². The molecule has 0 aliphatic carbocycles. The Labute approximate surface area is 105 Å². The molecule has 1 saturated heterocycles. The van der Waals surface area contributed by atoms with Crippen molar-refractivity contribution in [3.05, 3.63) is 29.8 Å². The maximum Gasteiger partial charge on any atom is 0.244 e. The van der Waals surface area contributed by atoms with Crippen LogP contribution in [0.15, 0.2) is 29.2 Å². The maximum absolute atomic E-state index is 12.3. The zero-order valence-corrected chi connectivity index (χ0v) is 10.3. The molecular formula is C11H11N3O3S. The van der Waals surface area contributed by atoms with Gasteiger partial charge in [-0.1, -0.05) is 12.1 Å². The molecule has 0 spiro atoms. The van der Waals surface area contributed by atoms with Crippen LogP contribution in [0.4, 0.5) is 0 Å². The summed E-state index contributed by atoms with van der Waals surface area (Å²) < 4.78 is 25.7. The molecule has 1 aliphatic heterocycles. The maximum atomic E-state index is 12.3. The summed E-state index contributed by atoms with van der Waals surface area (Å²) >= 11 is 0. The summed E-state index contributed by atoms with van der Waals surface area (Å²) in [7, 11) is -3.79. The number of sulfonamides is 1. The van der Waals surface area contributed by atoms with Crippen LogP contribution in [0.5, 0.6) is 0 Å². The minimum absolute atomic E-state index is 0.0535. The van der Waals surface area contributed by atoms with E-state index in [9.17, 15) is 13.2 Å². The normalized spacial score (nSPS) is 16.9. The van der Waals surface area contributed by atoms with Crippen LogP contribution < -0.4 is 5.32 Å². The number of rotatable bonds is 2. The SMILES string of the molecule is N#Cc1ccccc1S(=O)(=O)N1CCNC(=O)C1. The predicted octanol–water partition coefficient (Wildman–Crippen LogP) is -0.321. The summed E-state index contributed by atoms with van der Waals surface area (Å²) in [6, 6.07) is 7.81. The number of amides is 1. The van der Waals surface area contributed by atoms with Crippen molar-refractivity contribution >= 4 is 15.9 Å². The van der Waals surface area contributed by atoms with Crippen LogP contribution in [0.1, 0.15) is 5.56 Å². The van der Waals surface area contributed by atoms with E-state index in [2.05, 4.69) is 5.32 Å². The summed E-state index contributed by atoms with van der Waals surface area (Å²) in [5.74, 6) is -0.334. The molecule has 1 amide bonds. The van der Waals surface area contributed by atoms with Gasteiger partial charge in [-0.3, -0.25) is 4.79 Å². The van der Waals surface area contributed by atoms with Crippen LogP contribution in [0.25, 0.3) is 0 Å². The van der Waals surface area contributed by atoms with E-state index < -0.39 is 10.0 Å². The molecule has 6 nitrogen and oxygen atoms in total. The lowest BCUT2D eigenvalue weighted by molar-refractivity contribution is -0.122. The van der Waals surface area contributed by atoms with E-state index >= 15 is 0 Å². The number of carbonyl (C=O) groups excluding carboxylic acids is 1. The van der Waals surface area contributed by atoms with Crippen LogP contribution in [-0.2, 0) is 14.8 Å². The Morgan fingerprint density at radius 2 is 2.06 bits per heavy atom. The molecule has 1 aliphatic rings. The van der Waals surface area contributed by atoms with Gasteiger partial charge >= 0.3 is 0 Å². The van der Waals surface area contributed by atoms with E-state index in [-0.39, 0.29) is 36.0 Å². The smallest absolute Gasteiger partial charge is 0.244 e. The molecule has 7 heteroatoms. The zero-order chi connectivity index (χ0) is 13.2. The molecule has 18 heavy (non-hydrogen) atoms. The van der Waals surface area contributed by atoms with Gasteiger partial charge in [0.1, 0.15) is 6.07 Å². The van der Waals surface area contributed by atoms with Crippen LogP contribution in [0.3, 0.4) is 0 Å². The summed E-state index contributed by atoms with van der Waals surface area (Å²) in [5, 5.41) is 11.5. The minimum Gasteiger partial charge on any atom is -0.354 e. The van der Waals surface area contributed by atoms with Crippen molar-refractivity contribution < 1.29 is 13.2 Å². The molecule has 94 valence electrons. The number of nitrogens with zero attached hydrogens (tertiary/aromatic N) is 2. The van der Waals surface area contributed by atoms with E-state index in [1.165, 1.54) is 12.1 Å². The number of benzene rings is 1. The summed E-state index contributed by atoms with van der Waals surface area (Å²) in [6.45, 7) is 0.294. The third kappa shape index (κ3) is 2.20. The van der Waals surface area contributed by atoms with Crippen molar-refractivity contribution in [2.24, 2.45) is 0 Å². The molecule has 1 N–H and O–H groups in total. The lowest BCUT2D eigenvalue weighted by Gasteiger charge is -2.26. The number of carbonyl (C=O) groups is 1. The Hall–Kier alpha value is -1.91. The van der Waals surface area contributed by atoms with E-state index in [1.54, 1.807) is 12.1 Å². The van der Waals surface area contributed by atoms with Crippen molar-refractivity contribution in [2.45, 2.75) is 4.90 Å². The van der Waals surface area contributed by atoms with E-state index in [0.717, 1.165) is 4.31 Å².